The first-order valence-electron chi connectivity index (χ1n) is 8.93. The first-order valence-corrected chi connectivity index (χ1v) is 9.73. The average molecular weight is 441 g/mol. The van der Waals surface area contributed by atoms with Gasteiger partial charge >= 0.3 is 5.97 Å². The standard InChI is InChI=1S/C22H21BrN2O3/c1-2-27-20-14-16(15-24-25-18-11-7-4-8-12-18)13-19(23)21(20)28-22(26)17-9-5-3-6-10-17/h3-14,24-25H,2,15H2,1H3. The van der Waals surface area contributed by atoms with E-state index >= 15 is 0 Å². The normalized spacial score (nSPS) is 10.4. The fourth-order valence-corrected chi connectivity index (χ4v) is 3.15. The second-order valence-electron chi connectivity index (χ2n) is 5.94. The number of nitrogens with one attached hydrogen (secondary N) is 2. The zero-order valence-corrected chi connectivity index (χ0v) is 17.0. The maximum Gasteiger partial charge on any atom is 0.343 e. The van der Waals surface area contributed by atoms with Crippen molar-refractivity contribution in [3.8, 4) is 11.5 Å². The van der Waals surface area contributed by atoms with Crippen LogP contribution in [0.2, 0.25) is 0 Å². The van der Waals surface area contributed by atoms with Crippen molar-refractivity contribution in [1.29, 1.82) is 0 Å². The molecule has 5 nitrogen and oxygen atoms in total. The molecule has 0 aliphatic rings. The van der Waals surface area contributed by atoms with E-state index in [4.69, 9.17) is 9.47 Å². The van der Waals surface area contributed by atoms with Crippen LogP contribution in [0.15, 0.2) is 77.3 Å². The van der Waals surface area contributed by atoms with Gasteiger partial charge in [0.2, 0.25) is 0 Å². The smallest absolute Gasteiger partial charge is 0.343 e. The van der Waals surface area contributed by atoms with E-state index in [-0.39, 0.29) is 0 Å². The Morgan fingerprint density at radius 1 is 1.00 bits per heavy atom. The van der Waals surface area contributed by atoms with Crippen LogP contribution in [0.25, 0.3) is 0 Å². The van der Waals surface area contributed by atoms with E-state index in [0.717, 1.165) is 11.3 Å². The molecule has 28 heavy (non-hydrogen) atoms. The topological polar surface area (TPSA) is 59.6 Å². The molecule has 0 spiro atoms. The number of benzene rings is 3. The number of para-hydroxylation sites is 1. The summed E-state index contributed by atoms with van der Waals surface area (Å²) in [6.45, 7) is 2.90. The third kappa shape index (κ3) is 5.34. The monoisotopic (exact) mass is 440 g/mol. The van der Waals surface area contributed by atoms with E-state index in [1.807, 2.05) is 55.5 Å². The van der Waals surface area contributed by atoms with Crippen molar-refractivity contribution >= 4 is 27.6 Å². The molecule has 6 heteroatoms. The van der Waals surface area contributed by atoms with Crippen molar-refractivity contribution in [2.75, 3.05) is 12.0 Å². The van der Waals surface area contributed by atoms with E-state index in [1.54, 1.807) is 24.3 Å². The highest BCUT2D eigenvalue weighted by atomic mass is 79.9. The average Bonchev–Trinajstić information content (AvgIpc) is 2.72. The number of carbonyl (C=O) groups excluding carboxylic acids is 1. The maximum absolute atomic E-state index is 12.4. The Kier molecular flexibility index (Phi) is 7.06. The van der Waals surface area contributed by atoms with E-state index in [1.165, 1.54) is 0 Å². The lowest BCUT2D eigenvalue weighted by Crippen LogP contribution is -2.21. The second-order valence-corrected chi connectivity index (χ2v) is 6.79. The van der Waals surface area contributed by atoms with Crippen molar-refractivity contribution in [3.05, 3.63) is 88.4 Å². The van der Waals surface area contributed by atoms with Gasteiger partial charge in [-0.25, -0.2) is 10.2 Å². The van der Waals surface area contributed by atoms with Gasteiger partial charge in [-0.3, -0.25) is 0 Å². The second kappa shape index (κ2) is 9.92. The van der Waals surface area contributed by atoms with E-state index in [9.17, 15) is 4.79 Å². The van der Waals surface area contributed by atoms with Gasteiger partial charge in [0.15, 0.2) is 11.5 Å². The summed E-state index contributed by atoms with van der Waals surface area (Å²) >= 11 is 3.50. The van der Waals surface area contributed by atoms with Crippen LogP contribution in [0, 0.1) is 0 Å². The molecule has 0 atom stereocenters. The number of hydrogen-bond donors (Lipinski definition) is 2. The van der Waals surface area contributed by atoms with Crippen LogP contribution < -0.4 is 20.3 Å². The summed E-state index contributed by atoms with van der Waals surface area (Å²) in [5.41, 5.74) is 8.73. The molecular weight excluding hydrogens is 420 g/mol. The Hall–Kier alpha value is -2.83. The quantitative estimate of drug-likeness (QED) is 0.287. The zero-order valence-electron chi connectivity index (χ0n) is 15.4. The van der Waals surface area contributed by atoms with Gasteiger partial charge in [0.1, 0.15) is 0 Å². The largest absolute Gasteiger partial charge is 0.490 e. The summed E-state index contributed by atoms with van der Waals surface area (Å²) in [4.78, 5) is 12.4. The number of hydrogen-bond acceptors (Lipinski definition) is 5. The predicted molar refractivity (Wildman–Crippen MR) is 114 cm³/mol. The third-order valence-corrected chi connectivity index (χ3v) is 4.46. The van der Waals surface area contributed by atoms with Gasteiger partial charge in [-0.2, -0.15) is 0 Å². The number of hydrazine groups is 1. The van der Waals surface area contributed by atoms with E-state index in [2.05, 4.69) is 26.8 Å². The molecular formula is C22H21BrN2O3. The summed E-state index contributed by atoms with van der Waals surface area (Å²) < 4.78 is 12.0. The third-order valence-electron chi connectivity index (χ3n) is 3.87. The molecule has 0 aliphatic carbocycles. The SMILES string of the molecule is CCOc1cc(CNNc2ccccc2)cc(Br)c1OC(=O)c1ccccc1. The van der Waals surface area contributed by atoms with E-state index in [0.29, 0.717) is 34.7 Å². The summed E-state index contributed by atoms with van der Waals surface area (Å²) in [6, 6.07) is 22.5. The molecule has 0 radical (unpaired) electrons. The van der Waals surface area contributed by atoms with Crippen molar-refractivity contribution < 1.29 is 14.3 Å². The van der Waals surface area contributed by atoms with Crippen LogP contribution in [0.3, 0.4) is 0 Å². The molecule has 0 saturated carbocycles. The lowest BCUT2D eigenvalue weighted by molar-refractivity contribution is 0.0727. The lowest BCUT2D eigenvalue weighted by Gasteiger charge is -2.15. The van der Waals surface area contributed by atoms with Gasteiger partial charge in [-0.15, -0.1) is 0 Å². The van der Waals surface area contributed by atoms with Gasteiger partial charge in [0.05, 0.1) is 16.6 Å². The van der Waals surface area contributed by atoms with Crippen LogP contribution in [0.1, 0.15) is 22.8 Å². The van der Waals surface area contributed by atoms with Gasteiger partial charge < -0.3 is 14.9 Å². The molecule has 0 unspecified atom stereocenters. The molecule has 3 aromatic rings. The highest BCUT2D eigenvalue weighted by Gasteiger charge is 2.17. The molecule has 0 amide bonds. The minimum atomic E-state index is -0.432. The van der Waals surface area contributed by atoms with Crippen LogP contribution in [0.4, 0.5) is 5.69 Å². The number of rotatable bonds is 8. The van der Waals surface area contributed by atoms with Crippen LogP contribution in [0.5, 0.6) is 11.5 Å². The first kappa shape index (κ1) is 19.9. The summed E-state index contributed by atoms with van der Waals surface area (Å²) in [7, 11) is 0. The highest BCUT2D eigenvalue weighted by Crippen LogP contribution is 2.37. The number of carbonyl (C=O) groups is 1. The molecule has 0 bridgehead atoms. The maximum atomic E-state index is 12.4. The number of esters is 1. The molecule has 144 valence electrons. The van der Waals surface area contributed by atoms with Gasteiger partial charge in [0.25, 0.3) is 0 Å². The molecule has 2 N–H and O–H groups in total. The molecule has 3 rings (SSSR count). The highest BCUT2D eigenvalue weighted by molar-refractivity contribution is 9.10. The van der Waals surface area contributed by atoms with Crippen molar-refractivity contribution in [1.82, 2.24) is 5.43 Å². The number of ether oxygens (including phenoxy) is 2. The lowest BCUT2D eigenvalue weighted by atomic mass is 10.2. The minimum absolute atomic E-state index is 0.371. The molecule has 0 heterocycles. The summed E-state index contributed by atoms with van der Waals surface area (Å²) in [5, 5.41) is 0. The Morgan fingerprint density at radius 3 is 2.36 bits per heavy atom. The predicted octanol–water partition coefficient (Wildman–Crippen LogP) is 5.18. The first-order chi connectivity index (χ1) is 13.7. The Balaban J connectivity index is 1.73. The van der Waals surface area contributed by atoms with Crippen molar-refractivity contribution in [2.24, 2.45) is 0 Å². The fraction of sp³-hybridized carbons (Fsp3) is 0.136. The molecule has 0 saturated heterocycles. The van der Waals surface area contributed by atoms with Crippen LogP contribution in [-0.2, 0) is 6.54 Å². The Labute approximate surface area is 172 Å². The van der Waals surface area contributed by atoms with Crippen LogP contribution >= 0.6 is 15.9 Å². The van der Waals surface area contributed by atoms with Crippen molar-refractivity contribution in [2.45, 2.75) is 13.5 Å². The number of anilines is 1. The zero-order chi connectivity index (χ0) is 19.8. The van der Waals surface area contributed by atoms with Gasteiger partial charge in [-0.05, 0) is 64.8 Å². The van der Waals surface area contributed by atoms with Gasteiger partial charge in [-0.1, -0.05) is 36.4 Å². The summed E-state index contributed by atoms with van der Waals surface area (Å²) in [5.74, 6) is 0.451. The number of halogens is 1. The van der Waals surface area contributed by atoms with E-state index < -0.39 is 5.97 Å². The Morgan fingerprint density at radius 2 is 1.68 bits per heavy atom. The minimum Gasteiger partial charge on any atom is -0.490 e. The van der Waals surface area contributed by atoms with Gasteiger partial charge in [0, 0.05) is 12.2 Å². The molecule has 0 aliphatic heterocycles. The van der Waals surface area contributed by atoms with Crippen molar-refractivity contribution in [3.63, 3.8) is 0 Å². The fourth-order valence-electron chi connectivity index (χ4n) is 2.58. The molecule has 0 aromatic heterocycles. The molecule has 0 fully saturated rings. The molecule has 3 aromatic carbocycles. The Bertz CT molecular complexity index is 918. The van der Waals surface area contributed by atoms with Crippen LogP contribution in [-0.4, -0.2) is 12.6 Å². The summed E-state index contributed by atoms with van der Waals surface area (Å²) in [6.07, 6.45) is 0.